The summed E-state index contributed by atoms with van der Waals surface area (Å²) in [6.07, 6.45) is 29.6. The summed E-state index contributed by atoms with van der Waals surface area (Å²) >= 11 is 5.10. The second-order valence-electron chi connectivity index (χ2n) is 14.1. The maximum Gasteiger partial charge on any atom is 0.267 e. The van der Waals surface area contributed by atoms with Crippen LogP contribution in [0.25, 0.3) is 0 Å². The fourth-order valence-electron chi connectivity index (χ4n) is 5.43. The molecule has 0 fully saturated rings. The molecule has 0 aliphatic carbocycles. The number of nitrogens with one attached hydrogen (secondary N) is 1. The summed E-state index contributed by atoms with van der Waals surface area (Å²) in [6.45, 7) is 4.24. The standard InChI is InChI=1S/C36H75N2O6PS/c1-6-7-8-9-10-11-12-13-14-15-16-17-19-22-25-28-31-41-33-35(44-36(46)37-2)34-43-45(39,40)42-32-29-26-23-20-18-21-24-27-30-38(3,4)5/h35H,6-34H2,1-5H3,(H-,37,39,40,46). The lowest BCUT2D eigenvalue weighted by Crippen LogP contribution is -2.35. The van der Waals surface area contributed by atoms with Gasteiger partial charge >= 0.3 is 0 Å². The predicted octanol–water partition coefficient (Wildman–Crippen LogP) is 9.48. The monoisotopic (exact) mass is 695 g/mol. The number of rotatable bonds is 35. The number of quaternary nitrogens is 1. The van der Waals surface area contributed by atoms with Crippen molar-refractivity contribution in [2.45, 2.75) is 167 Å². The van der Waals surface area contributed by atoms with Gasteiger partial charge in [-0.2, -0.15) is 0 Å². The second-order valence-corrected chi connectivity index (χ2v) is 15.9. The SMILES string of the molecule is CCCCCCCCCCCCCCCCCCOCC(COP(=O)([O-])OCCCCCCCCCC[N+](C)(C)C)OC(=S)NC. The number of phosphoric ester groups is 1. The number of phosphoric acid groups is 1. The van der Waals surface area contributed by atoms with Crippen molar-refractivity contribution in [3.8, 4) is 0 Å². The molecule has 0 rings (SSSR count). The van der Waals surface area contributed by atoms with Gasteiger partial charge in [0.1, 0.15) is 6.10 Å². The van der Waals surface area contributed by atoms with E-state index in [9.17, 15) is 9.46 Å². The Kier molecular flexibility index (Phi) is 31.8. The quantitative estimate of drug-likeness (QED) is 0.0304. The Morgan fingerprint density at radius 3 is 1.50 bits per heavy atom. The minimum Gasteiger partial charge on any atom is -0.756 e. The van der Waals surface area contributed by atoms with E-state index in [1.165, 1.54) is 129 Å². The third kappa shape index (κ3) is 35.0. The molecule has 2 unspecified atom stereocenters. The van der Waals surface area contributed by atoms with E-state index in [0.29, 0.717) is 13.0 Å². The zero-order chi connectivity index (χ0) is 34.2. The fourth-order valence-corrected chi connectivity index (χ4v) is 6.34. The Bertz CT molecular complexity index is 725. The van der Waals surface area contributed by atoms with E-state index in [4.69, 9.17) is 30.7 Å². The molecule has 0 aromatic carbocycles. The number of unbranched alkanes of at least 4 members (excludes halogenated alkanes) is 22. The van der Waals surface area contributed by atoms with E-state index in [1.807, 2.05) is 0 Å². The lowest BCUT2D eigenvalue weighted by Gasteiger charge is -2.26. The molecular weight excluding hydrogens is 619 g/mol. The van der Waals surface area contributed by atoms with Gasteiger partial charge in [0.25, 0.3) is 13.0 Å². The van der Waals surface area contributed by atoms with Gasteiger partial charge in [0, 0.05) is 13.7 Å². The van der Waals surface area contributed by atoms with Gasteiger partial charge < -0.3 is 33.2 Å². The van der Waals surface area contributed by atoms with Crippen LogP contribution in [0.1, 0.15) is 161 Å². The first-order chi connectivity index (χ1) is 22.1. The lowest BCUT2D eigenvalue weighted by molar-refractivity contribution is -0.870. The maximum atomic E-state index is 12.3. The number of nitrogens with zero attached hydrogens (tertiary/aromatic N) is 1. The maximum absolute atomic E-state index is 12.3. The molecule has 0 aromatic rings. The van der Waals surface area contributed by atoms with Crippen molar-refractivity contribution in [3.63, 3.8) is 0 Å². The molecule has 0 saturated carbocycles. The van der Waals surface area contributed by atoms with Gasteiger partial charge in [0.15, 0.2) is 0 Å². The summed E-state index contributed by atoms with van der Waals surface area (Å²) < 4.78 is 34.9. The van der Waals surface area contributed by atoms with E-state index in [2.05, 4.69) is 33.4 Å². The van der Waals surface area contributed by atoms with Crippen molar-refractivity contribution >= 4 is 25.2 Å². The molecule has 10 heteroatoms. The summed E-state index contributed by atoms with van der Waals surface area (Å²) in [7, 11) is 3.94. The Hall–Kier alpha value is -0.280. The van der Waals surface area contributed by atoms with Crippen LogP contribution in [-0.2, 0) is 23.1 Å². The molecule has 0 heterocycles. The van der Waals surface area contributed by atoms with Crippen LogP contribution in [0.5, 0.6) is 0 Å². The molecule has 0 aliphatic heterocycles. The van der Waals surface area contributed by atoms with Crippen LogP contribution in [0.15, 0.2) is 0 Å². The van der Waals surface area contributed by atoms with Crippen molar-refractivity contribution in [1.29, 1.82) is 0 Å². The van der Waals surface area contributed by atoms with Crippen molar-refractivity contribution in [1.82, 2.24) is 5.32 Å². The molecule has 8 nitrogen and oxygen atoms in total. The smallest absolute Gasteiger partial charge is 0.267 e. The van der Waals surface area contributed by atoms with Crippen LogP contribution in [0.2, 0.25) is 0 Å². The van der Waals surface area contributed by atoms with E-state index in [0.717, 1.165) is 30.2 Å². The van der Waals surface area contributed by atoms with Gasteiger partial charge in [-0.3, -0.25) is 4.57 Å². The molecule has 2 atom stereocenters. The third-order valence-corrected chi connectivity index (χ3v) is 9.58. The number of thiocarbonyl (C=S) groups is 1. The van der Waals surface area contributed by atoms with Gasteiger partial charge in [0.05, 0.1) is 47.5 Å². The van der Waals surface area contributed by atoms with E-state index in [1.54, 1.807) is 7.05 Å². The third-order valence-electron chi connectivity index (χ3n) is 8.32. The highest BCUT2D eigenvalue weighted by atomic mass is 32.1. The number of ether oxygens (including phenoxy) is 2. The summed E-state index contributed by atoms with van der Waals surface area (Å²) in [6, 6.07) is 0. The first-order valence-corrected chi connectivity index (χ1v) is 20.8. The highest BCUT2D eigenvalue weighted by Crippen LogP contribution is 2.38. The van der Waals surface area contributed by atoms with Crippen LogP contribution in [0, 0.1) is 0 Å². The lowest BCUT2D eigenvalue weighted by atomic mass is 10.0. The Balaban J connectivity index is 3.82. The number of hydrogen-bond acceptors (Lipinski definition) is 7. The summed E-state index contributed by atoms with van der Waals surface area (Å²) in [5.41, 5.74) is 0. The Morgan fingerprint density at radius 2 is 1.07 bits per heavy atom. The molecule has 0 bridgehead atoms. The fraction of sp³-hybridized carbons (Fsp3) is 0.972. The molecule has 276 valence electrons. The average Bonchev–Trinajstić information content (AvgIpc) is 3.01. The minimum atomic E-state index is -4.42. The van der Waals surface area contributed by atoms with E-state index >= 15 is 0 Å². The molecule has 0 radical (unpaired) electrons. The Morgan fingerprint density at radius 1 is 0.652 bits per heavy atom. The largest absolute Gasteiger partial charge is 0.756 e. The van der Waals surface area contributed by atoms with Crippen molar-refractivity contribution in [2.24, 2.45) is 0 Å². The Labute approximate surface area is 290 Å². The van der Waals surface area contributed by atoms with Gasteiger partial charge in [0.2, 0.25) is 0 Å². The van der Waals surface area contributed by atoms with E-state index in [-0.39, 0.29) is 25.0 Å². The molecular formula is C36H75N2O6PS. The number of hydrogen-bond donors (Lipinski definition) is 1. The minimum absolute atomic E-state index is 0.139. The van der Waals surface area contributed by atoms with Crippen molar-refractivity contribution in [2.75, 3.05) is 61.2 Å². The van der Waals surface area contributed by atoms with Crippen LogP contribution in [0.4, 0.5) is 0 Å². The highest BCUT2D eigenvalue weighted by molar-refractivity contribution is 7.80. The normalized spacial score (nSPS) is 13.9. The molecule has 46 heavy (non-hydrogen) atoms. The summed E-state index contributed by atoms with van der Waals surface area (Å²) in [5.74, 6) is 0. The zero-order valence-electron chi connectivity index (χ0n) is 30.8. The molecule has 0 saturated heterocycles. The molecule has 0 amide bonds. The van der Waals surface area contributed by atoms with Crippen molar-refractivity contribution in [3.05, 3.63) is 0 Å². The second kappa shape index (κ2) is 32.0. The van der Waals surface area contributed by atoms with Crippen LogP contribution in [-0.4, -0.2) is 76.9 Å². The van der Waals surface area contributed by atoms with E-state index < -0.39 is 13.9 Å². The molecule has 0 aliphatic rings. The summed E-state index contributed by atoms with van der Waals surface area (Å²) in [5, 5.41) is 2.93. The topological polar surface area (TPSA) is 89.1 Å². The first kappa shape index (κ1) is 45.7. The molecule has 0 spiro atoms. The average molecular weight is 695 g/mol. The van der Waals surface area contributed by atoms with Crippen LogP contribution >= 0.6 is 20.0 Å². The van der Waals surface area contributed by atoms with Gasteiger partial charge in [-0.25, -0.2) is 0 Å². The van der Waals surface area contributed by atoms with Gasteiger partial charge in [-0.05, 0) is 37.9 Å². The van der Waals surface area contributed by atoms with Gasteiger partial charge in [-0.1, -0.05) is 135 Å². The molecule has 0 aromatic heterocycles. The van der Waals surface area contributed by atoms with Crippen LogP contribution in [0.3, 0.4) is 0 Å². The first-order valence-electron chi connectivity index (χ1n) is 19.0. The zero-order valence-corrected chi connectivity index (χ0v) is 32.5. The van der Waals surface area contributed by atoms with Crippen LogP contribution < -0.4 is 10.2 Å². The predicted molar refractivity (Wildman–Crippen MR) is 196 cm³/mol. The van der Waals surface area contributed by atoms with Crippen molar-refractivity contribution < 1.29 is 32.5 Å². The molecule has 1 N–H and O–H groups in total. The highest BCUT2D eigenvalue weighted by Gasteiger charge is 2.18. The van der Waals surface area contributed by atoms with Gasteiger partial charge in [-0.15, -0.1) is 0 Å². The summed E-state index contributed by atoms with van der Waals surface area (Å²) in [4.78, 5) is 12.3.